The van der Waals surface area contributed by atoms with Gasteiger partial charge < -0.3 is 15.2 Å². The number of hydrogen-bond donors (Lipinski definition) is 1. The van der Waals surface area contributed by atoms with E-state index in [0.717, 1.165) is 47.8 Å². The summed E-state index contributed by atoms with van der Waals surface area (Å²) in [5, 5.41) is 0.752. The van der Waals surface area contributed by atoms with Crippen LogP contribution in [0.2, 0.25) is 5.02 Å². The number of hydrogen-bond acceptors (Lipinski definition) is 3. The molecule has 0 saturated heterocycles. The molecule has 4 heteroatoms. The second-order valence-electron chi connectivity index (χ2n) is 7.29. The smallest absolute Gasteiger partial charge is 0.142 e. The zero-order valence-electron chi connectivity index (χ0n) is 13.4. The normalized spacial score (nSPS) is 28.7. The second-order valence-corrected chi connectivity index (χ2v) is 7.66. The highest BCUT2D eigenvalue weighted by atomic mass is 35.5. The minimum Gasteiger partial charge on any atom is -0.490 e. The van der Waals surface area contributed by atoms with Gasteiger partial charge in [-0.15, -0.1) is 0 Å². The fourth-order valence-electron chi connectivity index (χ4n) is 4.42. The zero-order chi connectivity index (χ0) is 15.5. The molecule has 0 spiro atoms. The first kappa shape index (κ1) is 14.6. The Balaban J connectivity index is 1.94. The summed E-state index contributed by atoms with van der Waals surface area (Å²) in [4.78, 5) is 0. The summed E-state index contributed by atoms with van der Waals surface area (Å²) in [5.74, 6) is 1.84. The van der Waals surface area contributed by atoms with Gasteiger partial charge in [-0.25, -0.2) is 0 Å². The highest BCUT2D eigenvalue weighted by molar-refractivity contribution is 6.33. The van der Waals surface area contributed by atoms with Gasteiger partial charge in [-0.2, -0.15) is 0 Å². The van der Waals surface area contributed by atoms with Crippen LogP contribution < -0.4 is 15.2 Å². The highest BCUT2D eigenvalue weighted by Crippen LogP contribution is 2.54. The van der Waals surface area contributed by atoms with Crippen molar-refractivity contribution in [3.05, 3.63) is 21.7 Å². The Bertz CT molecular complexity index is 583. The SMILES string of the molecule is CC1Cc2c(c(Cl)c3c(c2C2(N)CCCCC2)OC(C)C3)O1. The molecule has 1 aromatic rings. The summed E-state index contributed by atoms with van der Waals surface area (Å²) in [6.45, 7) is 4.19. The van der Waals surface area contributed by atoms with Crippen molar-refractivity contribution in [2.45, 2.75) is 76.5 Å². The van der Waals surface area contributed by atoms with Crippen molar-refractivity contribution in [2.24, 2.45) is 5.73 Å². The van der Waals surface area contributed by atoms with Gasteiger partial charge in [-0.05, 0) is 26.7 Å². The predicted molar refractivity (Wildman–Crippen MR) is 88.0 cm³/mol. The largest absolute Gasteiger partial charge is 0.490 e. The molecule has 0 radical (unpaired) electrons. The third-order valence-corrected chi connectivity index (χ3v) is 5.81. The molecule has 2 atom stereocenters. The lowest BCUT2D eigenvalue weighted by Gasteiger charge is -2.36. The van der Waals surface area contributed by atoms with Crippen molar-refractivity contribution in [1.82, 2.24) is 0 Å². The molecule has 0 bridgehead atoms. The van der Waals surface area contributed by atoms with Crippen LogP contribution in [0.5, 0.6) is 11.5 Å². The summed E-state index contributed by atoms with van der Waals surface area (Å²) in [6, 6.07) is 0. The second kappa shape index (κ2) is 5.04. The maximum atomic E-state index is 6.89. The Morgan fingerprint density at radius 1 is 0.955 bits per heavy atom. The number of nitrogens with two attached hydrogens (primary N) is 1. The van der Waals surface area contributed by atoms with E-state index in [1.54, 1.807) is 0 Å². The first-order chi connectivity index (χ1) is 10.5. The topological polar surface area (TPSA) is 44.5 Å². The van der Waals surface area contributed by atoms with E-state index < -0.39 is 0 Å². The van der Waals surface area contributed by atoms with Crippen LogP contribution in [0.4, 0.5) is 0 Å². The summed E-state index contributed by atoms with van der Waals surface area (Å²) in [5.41, 5.74) is 10.1. The molecule has 2 unspecified atom stereocenters. The molecule has 1 saturated carbocycles. The van der Waals surface area contributed by atoms with Crippen molar-refractivity contribution < 1.29 is 9.47 Å². The van der Waals surface area contributed by atoms with Crippen molar-refractivity contribution in [3.8, 4) is 11.5 Å². The van der Waals surface area contributed by atoms with Gasteiger partial charge in [-0.3, -0.25) is 0 Å². The van der Waals surface area contributed by atoms with Crippen LogP contribution in [-0.4, -0.2) is 12.2 Å². The molecule has 0 amide bonds. The third kappa shape index (κ3) is 2.05. The van der Waals surface area contributed by atoms with Gasteiger partial charge in [0, 0.05) is 35.1 Å². The Morgan fingerprint density at radius 2 is 1.55 bits per heavy atom. The number of rotatable bonds is 1. The van der Waals surface area contributed by atoms with Crippen LogP contribution in [0.1, 0.15) is 62.6 Å². The molecule has 4 rings (SSSR count). The monoisotopic (exact) mass is 321 g/mol. The maximum absolute atomic E-state index is 6.89. The maximum Gasteiger partial charge on any atom is 0.142 e. The van der Waals surface area contributed by atoms with E-state index in [-0.39, 0.29) is 17.7 Å². The van der Waals surface area contributed by atoms with E-state index in [9.17, 15) is 0 Å². The predicted octanol–water partition coefficient (Wildman–Crippen LogP) is 4.10. The lowest BCUT2D eigenvalue weighted by Crippen LogP contribution is -2.40. The number of ether oxygens (including phenoxy) is 2. The quantitative estimate of drug-likeness (QED) is 0.846. The fourth-order valence-corrected chi connectivity index (χ4v) is 4.74. The Kier molecular flexibility index (Phi) is 3.35. The van der Waals surface area contributed by atoms with Gasteiger partial charge >= 0.3 is 0 Å². The molecule has 22 heavy (non-hydrogen) atoms. The van der Waals surface area contributed by atoms with Gasteiger partial charge in [0.15, 0.2) is 0 Å². The summed E-state index contributed by atoms with van der Waals surface area (Å²) >= 11 is 6.64. The van der Waals surface area contributed by atoms with Gasteiger partial charge in [-0.1, -0.05) is 30.9 Å². The van der Waals surface area contributed by atoms with Crippen LogP contribution in [-0.2, 0) is 18.4 Å². The lowest BCUT2D eigenvalue weighted by atomic mass is 9.74. The van der Waals surface area contributed by atoms with Crippen LogP contribution in [0.3, 0.4) is 0 Å². The van der Waals surface area contributed by atoms with Crippen LogP contribution in [0, 0.1) is 0 Å². The van der Waals surface area contributed by atoms with Gasteiger partial charge in [0.05, 0.1) is 5.02 Å². The third-order valence-electron chi connectivity index (χ3n) is 5.41. The molecule has 3 aliphatic rings. The molecule has 1 fully saturated rings. The summed E-state index contributed by atoms with van der Waals surface area (Å²) in [6.07, 6.45) is 7.78. The van der Waals surface area contributed by atoms with E-state index in [1.165, 1.54) is 30.4 Å². The van der Waals surface area contributed by atoms with E-state index >= 15 is 0 Å². The Labute approximate surface area is 137 Å². The van der Waals surface area contributed by atoms with Crippen molar-refractivity contribution >= 4 is 11.6 Å². The van der Waals surface area contributed by atoms with Crippen molar-refractivity contribution in [1.29, 1.82) is 0 Å². The van der Waals surface area contributed by atoms with Gasteiger partial charge in [0.2, 0.25) is 0 Å². The van der Waals surface area contributed by atoms with Crippen LogP contribution in [0.25, 0.3) is 0 Å². The number of benzene rings is 1. The van der Waals surface area contributed by atoms with E-state index in [1.807, 2.05) is 0 Å². The van der Waals surface area contributed by atoms with Crippen LogP contribution >= 0.6 is 11.6 Å². The molecule has 1 aromatic carbocycles. The average Bonchev–Trinajstić information content (AvgIpc) is 3.02. The van der Waals surface area contributed by atoms with Crippen molar-refractivity contribution in [2.75, 3.05) is 0 Å². The Morgan fingerprint density at radius 3 is 2.23 bits per heavy atom. The van der Waals surface area contributed by atoms with E-state index in [4.69, 9.17) is 26.8 Å². The van der Waals surface area contributed by atoms with Crippen LogP contribution in [0.15, 0.2) is 0 Å². The molecule has 120 valence electrons. The summed E-state index contributed by atoms with van der Waals surface area (Å²) < 4.78 is 12.2. The van der Waals surface area contributed by atoms with E-state index in [0.29, 0.717) is 0 Å². The molecular weight excluding hydrogens is 298 g/mol. The Hall–Kier alpha value is -0.930. The first-order valence-electron chi connectivity index (χ1n) is 8.49. The highest BCUT2D eigenvalue weighted by Gasteiger charge is 2.42. The molecule has 2 aliphatic heterocycles. The minimum atomic E-state index is -0.283. The molecule has 3 nitrogen and oxygen atoms in total. The van der Waals surface area contributed by atoms with E-state index in [2.05, 4.69) is 13.8 Å². The molecule has 2 N–H and O–H groups in total. The summed E-state index contributed by atoms with van der Waals surface area (Å²) in [7, 11) is 0. The lowest BCUT2D eigenvalue weighted by molar-refractivity contribution is 0.236. The standard InChI is InChI=1S/C18H24ClNO2/c1-10-8-12-14(18(20)6-4-3-5-7-18)16-13(9-11(2)21-16)15(19)17(12)22-10/h10-11H,3-9,20H2,1-2H3. The molecule has 0 aromatic heterocycles. The molecular formula is C18H24ClNO2. The molecule has 2 heterocycles. The van der Waals surface area contributed by atoms with Gasteiger partial charge in [0.1, 0.15) is 23.7 Å². The average molecular weight is 322 g/mol. The van der Waals surface area contributed by atoms with Gasteiger partial charge in [0.25, 0.3) is 0 Å². The number of fused-ring (bicyclic) bond motifs is 2. The fraction of sp³-hybridized carbons (Fsp3) is 0.667. The number of halogens is 1. The molecule has 1 aliphatic carbocycles. The first-order valence-corrected chi connectivity index (χ1v) is 8.87. The zero-order valence-corrected chi connectivity index (χ0v) is 14.1. The van der Waals surface area contributed by atoms with Crippen molar-refractivity contribution in [3.63, 3.8) is 0 Å². The minimum absolute atomic E-state index is 0.165.